The van der Waals surface area contributed by atoms with Crippen LogP contribution in [0.1, 0.15) is 43.4 Å². The molecule has 2 N–H and O–H groups in total. The third-order valence-electron chi connectivity index (χ3n) is 5.81. The Morgan fingerprint density at radius 1 is 1.10 bits per heavy atom. The van der Waals surface area contributed by atoms with E-state index in [0.29, 0.717) is 11.8 Å². The van der Waals surface area contributed by atoms with Crippen molar-refractivity contribution in [3.05, 3.63) is 65.2 Å². The lowest BCUT2D eigenvalue weighted by Crippen LogP contribution is -2.54. The van der Waals surface area contributed by atoms with Crippen LogP contribution < -0.4 is 10.1 Å². The second-order valence-corrected chi connectivity index (χ2v) is 8.86. The number of benzene rings is 2. The van der Waals surface area contributed by atoms with Crippen molar-refractivity contribution in [3.8, 4) is 5.75 Å². The monoisotopic (exact) mass is 392 g/mol. The third-order valence-corrected chi connectivity index (χ3v) is 5.81. The van der Waals surface area contributed by atoms with Crippen LogP contribution >= 0.6 is 0 Å². The van der Waals surface area contributed by atoms with Crippen LogP contribution in [0.25, 0.3) is 6.08 Å². The Hall–Kier alpha value is -2.30. The standard InChI is InChI=1S/C25H32N2O2/c1-17(2)20-6-4-19(5-7-20)12-18(3)14-27-15-23(16-27)29-22-9-10-24-21(13-22)8-11-25(28)26-24/h4-11,13,17-18,23,25-26,28H,12,14-16H2,1-3H3. The molecule has 0 aromatic heterocycles. The summed E-state index contributed by atoms with van der Waals surface area (Å²) in [6.45, 7) is 9.90. The molecular weight excluding hydrogens is 360 g/mol. The van der Waals surface area contributed by atoms with E-state index in [-0.39, 0.29) is 6.10 Å². The third kappa shape index (κ3) is 5.01. The van der Waals surface area contributed by atoms with E-state index in [0.717, 1.165) is 43.1 Å². The molecule has 2 aliphatic rings. The van der Waals surface area contributed by atoms with Gasteiger partial charge in [-0.3, -0.25) is 4.90 Å². The molecule has 2 atom stereocenters. The molecule has 2 aliphatic heterocycles. The summed E-state index contributed by atoms with van der Waals surface area (Å²) in [7, 11) is 0. The maximum Gasteiger partial charge on any atom is 0.144 e. The summed E-state index contributed by atoms with van der Waals surface area (Å²) < 4.78 is 6.14. The van der Waals surface area contributed by atoms with Gasteiger partial charge in [0, 0.05) is 30.9 Å². The van der Waals surface area contributed by atoms with Gasteiger partial charge in [-0.2, -0.15) is 0 Å². The second kappa shape index (κ2) is 8.60. The lowest BCUT2D eigenvalue weighted by Gasteiger charge is -2.40. The first-order chi connectivity index (χ1) is 14.0. The van der Waals surface area contributed by atoms with Crippen LogP contribution in [0.4, 0.5) is 5.69 Å². The predicted molar refractivity (Wildman–Crippen MR) is 119 cm³/mol. The van der Waals surface area contributed by atoms with Gasteiger partial charge < -0.3 is 15.2 Å². The number of aliphatic hydroxyl groups is 1. The molecule has 4 rings (SSSR count). The van der Waals surface area contributed by atoms with E-state index in [1.165, 1.54) is 11.1 Å². The number of aliphatic hydroxyl groups excluding tert-OH is 1. The zero-order valence-electron chi connectivity index (χ0n) is 17.6. The van der Waals surface area contributed by atoms with E-state index in [9.17, 15) is 5.11 Å². The number of ether oxygens (including phenoxy) is 1. The summed E-state index contributed by atoms with van der Waals surface area (Å²) >= 11 is 0. The zero-order chi connectivity index (χ0) is 20.4. The maximum atomic E-state index is 9.61. The average molecular weight is 393 g/mol. The topological polar surface area (TPSA) is 44.7 Å². The molecule has 4 nitrogen and oxygen atoms in total. The predicted octanol–water partition coefficient (Wildman–Crippen LogP) is 4.51. The quantitative estimate of drug-likeness (QED) is 0.728. The second-order valence-electron chi connectivity index (χ2n) is 8.86. The lowest BCUT2D eigenvalue weighted by atomic mass is 9.96. The largest absolute Gasteiger partial charge is 0.488 e. The minimum atomic E-state index is -0.607. The van der Waals surface area contributed by atoms with Crippen LogP contribution in [-0.4, -0.2) is 42.0 Å². The molecule has 4 heteroatoms. The van der Waals surface area contributed by atoms with E-state index in [2.05, 4.69) is 55.3 Å². The Morgan fingerprint density at radius 3 is 2.59 bits per heavy atom. The van der Waals surface area contributed by atoms with E-state index in [1.807, 2.05) is 24.3 Å². The minimum absolute atomic E-state index is 0.261. The number of hydrogen-bond donors (Lipinski definition) is 2. The maximum absolute atomic E-state index is 9.61. The first-order valence-corrected chi connectivity index (χ1v) is 10.7. The molecule has 0 radical (unpaired) electrons. The first kappa shape index (κ1) is 20.0. The van der Waals surface area contributed by atoms with Gasteiger partial charge in [0.25, 0.3) is 0 Å². The molecule has 2 aromatic carbocycles. The van der Waals surface area contributed by atoms with Gasteiger partial charge in [0.1, 0.15) is 18.1 Å². The van der Waals surface area contributed by atoms with Crippen LogP contribution in [0.5, 0.6) is 5.75 Å². The number of nitrogens with one attached hydrogen (secondary N) is 1. The molecule has 2 unspecified atom stereocenters. The summed E-state index contributed by atoms with van der Waals surface area (Å²) in [5.74, 6) is 2.12. The summed E-state index contributed by atoms with van der Waals surface area (Å²) in [6, 6.07) is 15.1. The molecular formula is C25H32N2O2. The Labute approximate surface area is 174 Å². The van der Waals surface area contributed by atoms with Crippen LogP contribution in [0, 0.1) is 5.92 Å². The van der Waals surface area contributed by atoms with Crippen molar-refractivity contribution in [3.63, 3.8) is 0 Å². The van der Waals surface area contributed by atoms with Gasteiger partial charge in [0.2, 0.25) is 0 Å². The number of fused-ring (bicyclic) bond motifs is 1. The average Bonchev–Trinajstić information content (AvgIpc) is 2.66. The summed E-state index contributed by atoms with van der Waals surface area (Å²) in [5, 5.41) is 12.6. The molecule has 1 saturated heterocycles. The van der Waals surface area contributed by atoms with Crippen molar-refractivity contribution in [1.29, 1.82) is 0 Å². The Bertz CT molecular complexity index is 854. The summed E-state index contributed by atoms with van der Waals surface area (Å²) in [4.78, 5) is 2.48. The Morgan fingerprint density at radius 2 is 1.86 bits per heavy atom. The molecule has 0 spiro atoms. The first-order valence-electron chi connectivity index (χ1n) is 10.7. The normalized spacial score (nSPS) is 20.1. The molecule has 0 aliphatic carbocycles. The minimum Gasteiger partial charge on any atom is -0.488 e. The van der Waals surface area contributed by atoms with Gasteiger partial charge in [0.15, 0.2) is 0 Å². The van der Waals surface area contributed by atoms with Gasteiger partial charge in [-0.25, -0.2) is 0 Å². The highest BCUT2D eigenvalue weighted by Gasteiger charge is 2.29. The number of likely N-dealkylation sites (tertiary alicyclic amines) is 1. The molecule has 0 saturated carbocycles. The lowest BCUT2D eigenvalue weighted by molar-refractivity contribution is 0.0117. The van der Waals surface area contributed by atoms with E-state index >= 15 is 0 Å². The van der Waals surface area contributed by atoms with E-state index in [1.54, 1.807) is 6.08 Å². The van der Waals surface area contributed by atoms with Crippen molar-refractivity contribution in [2.75, 3.05) is 25.0 Å². The smallest absolute Gasteiger partial charge is 0.144 e. The van der Waals surface area contributed by atoms with Crippen molar-refractivity contribution < 1.29 is 9.84 Å². The Balaban J connectivity index is 1.22. The van der Waals surface area contributed by atoms with E-state index < -0.39 is 6.23 Å². The van der Waals surface area contributed by atoms with Gasteiger partial charge in [-0.1, -0.05) is 51.1 Å². The highest BCUT2D eigenvalue weighted by molar-refractivity contribution is 5.71. The number of rotatable bonds is 7. The fourth-order valence-corrected chi connectivity index (χ4v) is 4.17. The molecule has 2 heterocycles. The molecule has 29 heavy (non-hydrogen) atoms. The number of anilines is 1. The van der Waals surface area contributed by atoms with Crippen molar-refractivity contribution >= 4 is 11.8 Å². The SMILES string of the molecule is CC(Cc1ccc(C(C)C)cc1)CN1CC(Oc2ccc3c(c2)C=CC(O)N3)C1. The van der Waals surface area contributed by atoms with Gasteiger partial charge in [-0.15, -0.1) is 0 Å². The molecule has 2 aromatic rings. The van der Waals surface area contributed by atoms with Crippen LogP contribution in [0.2, 0.25) is 0 Å². The zero-order valence-corrected chi connectivity index (χ0v) is 17.6. The fourth-order valence-electron chi connectivity index (χ4n) is 4.17. The molecule has 0 amide bonds. The molecule has 0 bridgehead atoms. The number of hydrogen-bond acceptors (Lipinski definition) is 4. The molecule has 1 fully saturated rings. The van der Waals surface area contributed by atoms with Crippen molar-refractivity contribution in [2.45, 2.75) is 45.4 Å². The van der Waals surface area contributed by atoms with Crippen LogP contribution in [-0.2, 0) is 6.42 Å². The highest BCUT2D eigenvalue weighted by Crippen LogP contribution is 2.28. The summed E-state index contributed by atoms with van der Waals surface area (Å²) in [6.07, 6.45) is 4.46. The number of nitrogens with zero attached hydrogens (tertiary/aromatic N) is 1. The highest BCUT2D eigenvalue weighted by atomic mass is 16.5. The van der Waals surface area contributed by atoms with Gasteiger partial charge in [-0.05, 0) is 53.7 Å². The van der Waals surface area contributed by atoms with Gasteiger partial charge >= 0.3 is 0 Å². The molecule has 154 valence electrons. The van der Waals surface area contributed by atoms with Crippen LogP contribution in [0.15, 0.2) is 48.5 Å². The summed E-state index contributed by atoms with van der Waals surface area (Å²) in [5.41, 5.74) is 4.84. The van der Waals surface area contributed by atoms with E-state index in [4.69, 9.17) is 4.74 Å². The van der Waals surface area contributed by atoms with Gasteiger partial charge in [0.05, 0.1) is 0 Å². The fraction of sp³-hybridized carbons (Fsp3) is 0.440. The van der Waals surface area contributed by atoms with Crippen molar-refractivity contribution in [2.24, 2.45) is 5.92 Å². The van der Waals surface area contributed by atoms with Crippen molar-refractivity contribution in [1.82, 2.24) is 4.90 Å². The Kier molecular flexibility index (Phi) is 5.93. The van der Waals surface area contributed by atoms with Crippen LogP contribution in [0.3, 0.4) is 0 Å².